The Kier molecular flexibility index (Phi) is 4.40. The largest absolute Gasteiger partial charge is 0.379 e. The highest BCUT2D eigenvalue weighted by atomic mass is 16.5. The summed E-state index contributed by atoms with van der Waals surface area (Å²) >= 11 is 0. The lowest BCUT2D eigenvalue weighted by Crippen LogP contribution is -2.36. The van der Waals surface area contributed by atoms with Crippen molar-refractivity contribution in [2.75, 3.05) is 32.8 Å². The fourth-order valence-corrected chi connectivity index (χ4v) is 2.45. The van der Waals surface area contributed by atoms with Crippen molar-refractivity contribution in [2.24, 2.45) is 0 Å². The summed E-state index contributed by atoms with van der Waals surface area (Å²) in [6.07, 6.45) is 3.64. The van der Waals surface area contributed by atoms with Gasteiger partial charge in [0, 0.05) is 18.7 Å². The first-order valence-corrected chi connectivity index (χ1v) is 7.07. The second-order valence-corrected chi connectivity index (χ2v) is 5.01. The zero-order chi connectivity index (χ0) is 13.6. The lowest BCUT2D eigenvalue weighted by molar-refractivity contribution is 0.0375. The second kappa shape index (κ2) is 6.63. The molecule has 0 spiro atoms. The van der Waals surface area contributed by atoms with E-state index >= 15 is 0 Å². The number of rotatable bonds is 5. The first-order chi connectivity index (χ1) is 9.92. The van der Waals surface area contributed by atoms with Crippen molar-refractivity contribution in [2.45, 2.75) is 12.8 Å². The van der Waals surface area contributed by atoms with Gasteiger partial charge < -0.3 is 9.26 Å². The average molecular weight is 273 g/mol. The van der Waals surface area contributed by atoms with E-state index in [9.17, 15) is 0 Å². The molecule has 0 atom stereocenters. The Balaban J connectivity index is 1.48. The normalized spacial score (nSPS) is 16.4. The van der Waals surface area contributed by atoms with E-state index in [4.69, 9.17) is 9.26 Å². The molecule has 1 saturated heterocycles. The number of benzene rings is 1. The highest BCUT2D eigenvalue weighted by Crippen LogP contribution is 2.16. The Morgan fingerprint density at radius 3 is 2.60 bits per heavy atom. The molecular weight excluding hydrogens is 254 g/mol. The summed E-state index contributed by atoms with van der Waals surface area (Å²) in [5.41, 5.74) is 2.35. The van der Waals surface area contributed by atoms with Crippen molar-refractivity contribution in [1.82, 2.24) is 15.0 Å². The van der Waals surface area contributed by atoms with E-state index in [-0.39, 0.29) is 0 Å². The van der Waals surface area contributed by atoms with Crippen LogP contribution in [0.1, 0.15) is 12.0 Å². The van der Waals surface area contributed by atoms with E-state index < -0.39 is 0 Å². The molecule has 1 aromatic carbocycles. The highest BCUT2D eigenvalue weighted by molar-refractivity contribution is 5.54. The topological polar surface area (TPSA) is 51.4 Å². The van der Waals surface area contributed by atoms with Gasteiger partial charge in [0.15, 0.2) is 0 Å². The Labute approximate surface area is 118 Å². The van der Waals surface area contributed by atoms with Crippen molar-refractivity contribution in [3.05, 3.63) is 36.2 Å². The maximum Gasteiger partial charge on any atom is 0.214 e. The van der Waals surface area contributed by atoms with Crippen LogP contribution in [0.4, 0.5) is 0 Å². The third-order valence-corrected chi connectivity index (χ3v) is 3.62. The molecule has 0 saturated carbocycles. The molecule has 1 fully saturated rings. The quantitative estimate of drug-likeness (QED) is 0.834. The van der Waals surface area contributed by atoms with Gasteiger partial charge in [0.05, 0.1) is 13.2 Å². The van der Waals surface area contributed by atoms with Crippen LogP contribution >= 0.6 is 0 Å². The number of aryl methyl sites for hydroxylation is 1. The molecule has 0 radical (unpaired) electrons. The van der Waals surface area contributed by atoms with E-state index in [1.54, 1.807) is 0 Å². The predicted octanol–water partition coefficient (Wildman–Crippen LogP) is 2.00. The number of hydrogen-bond acceptors (Lipinski definition) is 5. The van der Waals surface area contributed by atoms with Gasteiger partial charge in [-0.2, -0.15) is 4.98 Å². The lowest BCUT2D eigenvalue weighted by Gasteiger charge is -2.26. The Morgan fingerprint density at radius 2 is 1.90 bits per heavy atom. The van der Waals surface area contributed by atoms with Gasteiger partial charge in [-0.25, -0.2) is 0 Å². The molecule has 106 valence electrons. The number of aromatic nitrogens is 2. The molecule has 0 bridgehead atoms. The average Bonchev–Trinajstić information content (AvgIpc) is 3.03. The highest BCUT2D eigenvalue weighted by Gasteiger charge is 2.09. The molecule has 3 rings (SSSR count). The summed E-state index contributed by atoms with van der Waals surface area (Å²) in [6.45, 7) is 5.03. The molecule has 5 heteroatoms. The molecule has 0 N–H and O–H groups in total. The van der Waals surface area contributed by atoms with E-state index in [1.807, 2.05) is 0 Å². The van der Waals surface area contributed by atoms with Gasteiger partial charge in [-0.05, 0) is 24.9 Å². The maximum atomic E-state index is 5.35. The van der Waals surface area contributed by atoms with Gasteiger partial charge >= 0.3 is 0 Å². The Hall–Kier alpha value is -1.72. The van der Waals surface area contributed by atoms with Crippen LogP contribution in [-0.2, 0) is 11.2 Å². The molecule has 0 aliphatic carbocycles. The predicted molar refractivity (Wildman–Crippen MR) is 75.3 cm³/mol. The summed E-state index contributed by atoms with van der Waals surface area (Å²) in [5.74, 6) is 0.643. The van der Waals surface area contributed by atoms with Crippen LogP contribution in [-0.4, -0.2) is 47.9 Å². The molecule has 1 aromatic heterocycles. The van der Waals surface area contributed by atoms with Crippen LogP contribution in [0.25, 0.3) is 11.4 Å². The van der Waals surface area contributed by atoms with Gasteiger partial charge in [0.2, 0.25) is 12.2 Å². The number of nitrogens with zero attached hydrogens (tertiary/aromatic N) is 3. The van der Waals surface area contributed by atoms with E-state index in [2.05, 4.69) is 39.3 Å². The van der Waals surface area contributed by atoms with Crippen LogP contribution in [0.2, 0.25) is 0 Å². The van der Waals surface area contributed by atoms with Crippen LogP contribution in [0.3, 0.4) is 0 Å². The number of hydrogen-bond donors (Lipinski definition) is 0. The fourth-order valence-electron chi connectivity index (χ4n) is 2.45. The Bertz CT molecular complexity index is 504. The van der Waals surface area contributed by atoms with Crippen LogP contribution in [0.15, 0.2) is 35.2 Å². The summed E-state index contributed by atoms with van der Waals surface area (Å²) in [5, 5.41) is 3.83. The SMILES string of the molecule is c1nc(-c2ccc(CCCN3CCOCC3)cc2)no1. The molecule has 2 aromatic rings. The zero-order valence-electron chi connectivity index (χ0n) is 11.5. The van der Waals surface area contributed by atoms with Gasteiger partial charge in [0.25, 0.3) is 0 Å². The molecule has 2 heterocycles. The van der Waals surface area contributed by atoms with Crippen LogP contribution in [0.5, 0.6) is 0 Å². The summed E-state index contributed by atoms with van der Waals surface area (Å²) in [4.78, 5) is 6.51. The van der Waals surface area contributed by atoms with Crippen LogP contribution in [0, 0.1) is 0 Å². The van der Waals surface area contributed by atoms with Crippen molar-refractivity contribution in [3.8, 4) is 11.4 Å². The number of morpholine rings is 1. The van der Waals surface area contributed by atoms with Crippen molar-refractivity contribution < 1.29 is 9.26 Å². The van der Waals surface area contributed by atoms with Crippen molar-refractivity contribution in [3.63, 3.8) is 0 Å². The molecule has 0 amide bonds. The van der Waals surface area contributed by atoms with E-state index in [0.29, 0.717) is 5.82 Å². The first-order valence-electron chi connectivity index (χ1n) is 7.07. The smallest absolute Gasteiger partial charge is 0.214 e. The van der Waals surface area contributed by atoms with Gasteiger partial charge in [-0.1, -0.05) is 29.4 Å². The standard InChI is InChI=1S/C15H19N3O2/c1(7-18-8-10-19-11-9-18)2-13-3-5-14(6-4-13)15-16-12-20-17-15/h3-6,12H,1-2,7-11H2. The molecule has 5 nitrogen and oxygen atoms in total. The van der Waals surface area contributed by atoms with Gasteiger partial charge in [0.1, 0.15) is 0 Å². The summed E-state index contributed by atoms with van der Waals surface area (Å²) in [6, 6.07) is 8.39. The van der Waals surface area contributed by atoms with Gasteiger partial charge in [-0.15, -0.1) is 0 Å². The molecule has 20 heavy (non-hydrogen) atoms. The summed E-state index contributed by atoms with van der Waals surface area (Å²) < 4.78 is 10.1. The van der Waals surface area contributed by atoms with Crippen molar-refractivity contribution >= 4 is 0 Å². The second-order valence-electron chi connectivity index (χ2n) is 5.01. The Morgan fingerprint density at radius 1 is 1.10 bits per heavy atom. The van der Waals surface area contributed by atoms with Gasteiger partial charge in [-0.3, -0.25) is 4.90 Å². The number of ether oxygens (including phenoxy) is 1. The molecule has 1 aliphatic rings. The van der Waals surface area contributed by atoms with E-state index in [0.717, 1.165) is 44.8 Å². The minimum Gasteiger partial charge on any atom is -0.379 e. The maximum absolute atomic E-state index is 5.35. The third kappa shape index (κ3) is 3.43. The van der Waals surface area contributed by atoms with Crippen LogP contribution < -0.4 is 0 Å². The molecular formula is C15H19N3O2. The monoisotopic (exact) mass is 273 g/mol. The lowest BCUT2D eigenvalue weighted by atomic mass is 10.1. The third-order valence-electron chi connectivity index (χ3n) is 3.62. The van der Waals surface area contributed by atoms with E-state index in [1.165, 1.54) is 18.4 Å². The summed E-state index contributed by atoms with van der Waals surface area (Å²) in [7, 11) is 0. The minimum absolute atomic E-state index is 0.643. The van der Waals surface area contributed by atoms with Crippen molar-refractivity contribution in [1.29, 1.82) is 0 Å². The molecule has 0 unspecified atom stereocenters. The fraction of sp³-hybridized carbons (Fsp3) is 0.467. The first kappa shape index (κ1) is 13.3. The molecule has 1 aliphatic heterocycles. The minimum atomic E-state index is 0.643. The zero-order valence-corrected chi connectivity index (χ0v) is 11.5.